The molecule has 0 atom stereocenters. The molecule has 114 valence electrons. The lowest BCUT2D eigenvalue weighted by molar-refractivity contribution is 0.0696. The molecule has 0 aliphatic carbocycles. The number of halogens is 1. The van der Waals surface area contributed by atoms with Gasteiger partial charge in [-0.3, -0.25) is 0 Å². The Hall–Kier alpha value is -2.92. The van der Waals surface area contributed by atoms with E-state index in [0.717, 1.165) is 5.56 Å². The second kappa shape index (κ2) is 6.46. The number of rotatable bonds is 4. The van der Waals surface area contributed by atoms with Crippen LogP contribution in [0.3, 0.4) is 0 Å². The van der Waals surface area contributed by atoms with Crippen molar-refractivity contribution in [2.24, 2.45) is 0 Å². The highest BCUT2D eigenvalue weighted by molar-refractivity contribution is 6.32. The van der Waals surface area contributed by atoms with Crippen molar-refractivity contribution in [3.05, 3.63) is 71.5 Å². The maximum atomic E-state index is 10.8. The number of hydrogen-bond donors (Lipinski definition) is 1. The maximum Gasteiger partial charge on any atom is 0.338 e. The van der Waals surface area contributed by atoms with Gasteiger partial charge in [0.2, 0.25) is 0 Å². The van der Waals surface area contributed by atoms with Gasteiger partial charge in [-0.05, 0) is 36.4 Å². The van der Waals surface area contributed by atoms with Gasteiger partial charge >= 0.3 is 5.97 Å². The molecule has 5 nitrogen and oxygen atoms in total. The van der Waals surface area contributed by atoms with Crippen LogP contribution in [0.1, 0.15) is 10.4 Å². The van der Waals surface area contributed by atoms with Crippen molar-refractivity contribution in [3.63, 3.8) is 0 Å². The Labute approximate surface area is 137 Å². The van der Waals surface area contributed by atoms with Crippen LogP contribution in [-0.4, -0.2) is 21.0 Å². The van der Waals surface area contributed by atoms with Crippen LogP contribution in [0.4, 0.5) is 0 Å². The average molecular weight is 327 g/mol. The smallest absolute Gasteiger partial charge is 0.338 e. The maximum absolute atomic E-state index is 10.8. The molecule has 0 amide bonds. The summed E-state index contributed by atoms with van der Waals surface area (Å²) in [6, 6.07) is 14.3. The number of nitrogens with zero attached hydrogens (tertiary/aromatic N) is 2. The molecule has 6 heteroatoms. The summed E-state index contributed by atoms with van der Waals surface area (Å²) in [4.78, 5) is 18.9. The zero-order chi connectivity index (χ0) is 16.2. The van der Waals surface area contributed by atoms with E-state index in [2.05, 4.69) is 9.97 Å². The van der Waals surface area contributed by atoms with E-state index in [9.17, 15) is 4.79 Å². The van der Waals surface area contributed by atoms with Crippen LogP contribution in [0.25, 0.3) is 11.4 Å². The summed E-state index contributed by atoms with van der Waals surface area (Å²) in [5.74, 6) is 0.590. The van der Waals surface area contributed by atoms with Crippen molar-refractivity contribution in [2.75, 3.05) is 0 Å². The SMILES string of the molecule is O=C(O)c1cnc(-c2ccc(Oc3ccccc3Cl)cc2)nc1. The summed E-state index contributed by atoms with van der Waals surface area (Å²) in [6.45, 7) is 0. The highest BCUT2D eigenvalue weighted by Crippen LogP contribution is 2.29. The predicted octanol–water partition coefficient (Wildman–Crippen LogP) is 4.29. The minimum absolute atomic E-state index is 0.0485. The number of para-hydroxylation sites is 1. The Kier molecular flexibility index (Phi) is 4.21. The molecule has 0 fully saturated rings. The van der Waals surface area contributed by atoms with E-state index in [1.807, 2.05) is 12.1 Å². The van der Waals surface area contributed by atoms with E-state index < -0.39 is 5.97 Å². The monoisotopic (exact) mass is 326 g/mol. The second-order valence-corrected chi connectivity index (χ2v) is 5.06. The van der Waals surface area contributed by atoms with Crippen LogP contribution < -0.4 is 4.74 Å². The quantitative estimate of drug-likeness (QED) is 0.774. The summed E-state index contributed by atoms with van der Waals surface area (Å²) < 4.78 is 5.70. The van der Waals surface area contributed by atoms with Gasteiger partial charge in [0, 0.05) is 18.0 Å². The van der Waals surface area contributed by atoms with E-state index in [1.165, 1.54) is 12.4 Å². The normalized spacial score (nSPS) is 10.3. The molecule has 0 radical (unpaired) electrons. The van der Waals surface area contributed by atoms with Gasteiger partial charge in [0.15, 0.2) is 5.82 Å². The first kappa shape index (κ1) is 15.0. The van der Waals surface area contributed by atoms with Crippen molar-refractivity contribution in [1.82, 2.24) is 9.97 Å². The van der Waals surface area contributed by atoms with Crippen molar-refractivity contribution >= 4 is 17.6 Å². The number of carboxylic acids is 1. The number of carboxylic acid groups (broad SMARTS) is 1. The number of ether oxygens (including phenoxy) is 1. The highest BCUT2D eigenvalue weighted by atomic mass is 35.5. The van der Waals surface area contributed by atoms with Gasteiger partial charge in [0.05, 0.1) is 10.6 Å². The number of aromatic nitrogens is 2. The molecule has 0 aliphatic rings. The van der Waals surface area contributed by atoms with E-state index in [-0.39, 0.29) is 5.56 Å². The lowest BCUT2D eigenvalue weighted by atomic mass is 10.2. The van der Waals surface area contributed by atoms with E-state index in [1.54, 1.807) is 36.4 Å². The molecule has 3 rings (SSSR count). The van der Waals surface area contributed by atoms with E-state index in [0.29, 0.717) is 22.3 Å². The molecule has 0 saturated heterocycles. The van der Waals surface area contributed by atoms with Crippen molar-refractivity contribution in [2.45, 2.75) is 0 Å². The minimum atomic E-state index is -1.06. The number of hydrogen-bond acceptors (Lipinski definition) is 4. The summed E-state index contributed by atoms with van der Waals surface area (Å²) in [6.07, 6.45) is 2.55. The Morgan fingerprint density at radius 3 is 2.26 bits per heavy atom. The lowest BCUT2D eigenvalue weighted by Gasteiger charge is -2.08. The van der Waals surface area contributed by atoms with Gasteiger partial charge in [-0.1, -0.05) is 23.7 Å². The standard InChI is InChI=1S/C17H11ClN2O3/c18-14-3-1-2-4-15(14)23-13-7-5-11(6-8-13)16-19-9-12(10-20-16)17(21)22/h1-10H,(H,21,22). The van der Waals surface area contributed by atoms with Crippen LogP contribution in [0.2, 0.25) is 5.02 Å². The molecule has 1 heterocycles. The Morgan fingerprint density at radius 1 is 1.00 bits per heavy atom. The minimum Gasteiger partial charge on any atom is -0.478 e. The fraction of sp³-hybridized carbons (Fsp3) is 0. The molecule has 2 aromatic carbocycles. The lowest BCUT2D eigenvalue weighted by Crippen LogP contribution is -1.99. The molecule has 0 spiro atoms. The molecule has 1 N–H and O–H groups in total. The number of carbonyl (C=O) groups is 1. The first-order valence-corrected chi connectivity index (χ1v) is 7.09. The fourth-order valence-electron chi connectivity index (χ4n) is 1.91. The zero-order valence-electron chi connectivity index (χ0n) is 11.8. The molecule has 0 saturated carbocycles. The van der Waals surface area contributed by atoms with Gasteiger partial charge in [-0.2, -0.15) is 0 Å². The van der Waals surface area contributed by atoms with Crippen LogP contribution in [0.5, 0.6) is 11.5 Å². The molecular weight excluding hydrogens is 316 g/mol. The first-order valence-electron chi connectivity index (χ1n) is 6.71. The van der Waals surface area contributed by atoms with Gasteiger partial charge in [0.25, 0.3) is 0 Å². The molecule has 23 heavy (non-hydrogen) atoms. The number of benzene rings is 2. The second-order valence-electron chi connectivity index (χ2n) is 4.66. The average Bonchev–Trinajstić information content (AvgIpc) is 2.58. The zero-order valence-corrected chi connectivity index (χ0v) is 12.6. The van der Waals surface area contributed by atoms with E-state index in [4.69, 9.17) is 21.4 Å². The summed E-state index contributed by atoms with van der Waals surface area (Å²) in [7, 11) is 0. The third kappa shape index (κ3) is 3.46. The van der Waals surface area contributed by atoms with Crippen molar-refractivity contribution < 1.29 is 14.6 Å². The molecule has 3 aromatic rings. The fourth-order valence-corrected chi connectivity index (χ4v) is 2.09. The first-order chi connectivity index (χ1) is 11.1. The van der Waals surface area contributed by atoms with Crippen LogP contribution in [0.15, 0.2) is 60.9 Å². The number of aromatic carboxylic acids is 1. The third-order valence-corrected chi connectivity index (χ3v) is 3.39. The Morgan fingerprint density at radius 2 is 1.65 bits per heavy atom. The van der Waals surface area contributed by atoms with Gasteiger partial charge in [-0.15, -0.1) is 0 Å². The summed E-state index contributed by atoms with van der Waals surface area (Å²) in [5, 5.41) is 9.37. The Bertz CT molecular complexity index is 833. The third-order valence-electron chi connectivity index (χ3n) is 3.08. The largest absolute Gasteiger partial charge is 0.478 e. The van der Waals surface area contributed by atoms with E-state index >= 15 is 0 Å². The molecule has 0 bridgehead atoms. The van der Waals surface area contributed by atoms with Gasteiger partial charge in [0.1, 0.15) is 11.5 Å². The van der Waals surface area contributed by atoms with Gasteiger partial charge in [-0.25, -0.2) is 14.8 Å². The summed E-state index contributed by atoms with van der Waals surface area (Å²) >= 11 is 6.05. The highest BCUT2D eigenvalue weighted by Gasteiger charge is 2.07. The molecule has 0 aliphatic heterocycles. The van der Waals surface area contributed by atoms with Crippen molar-refractivity contribution in [3.8, 4) is 22.9 Å². The molecular formula is C17H11ClN2O3. The molecule has 1 aromatic heterocycles. The van der Waals surface area contributed by atoms with Crippen LogP contribution in [-0.2, 0) is 0 Å². The van der Waals surface area contributed by atoms with Crippen LogP contribution >= 0.6 is 11.6 Å². The molecule has 0 unspecified atom stereocenters. The summed E-state index contributed by atoms with van der Waals surface area (Å²) in [5.41, 5.74) is 0.806. The Balaban J connectivity index is 1.79. The topological polar surface area (TPSA) is 72.3 Å². The van der Waals surface area contributed by atoms with Crippen LogP contribution in [0, 0.1) is 0 Å². The van der Waals surface area contributed by atoms with Gasteiger partial charge < -0.3 is 9.84 Å². The van der Waals surface area contributed by atoms with Crippen molar-refractivity contribution in [1.29, 1.82) is 0 Å². The predicted molar refractivity (Wildman–Crippen MR) is 86.0 cm³/mol.